The van der Waals surface area contributed by atoms with Crippen LogP contribution in [0.5, 0.6) is 51.7 Å². The van der Waals surface area contributed by atoms with Crippen molar-refractivity contribution in [3.63, 3.8) is 0 Å². The molecule has 3 aromatic heterocycles. The van der Waals surface area contributed by atoms with Gasteiger partial charge in [-0.2, -0.15) is 0 Å². The van der Waals surface area contributed by atoms with Crippen LogP contribution in [-0.2, 0) is 16.2 Å². The van der Waals surface area contributed by atoms with Gasteiger partial charge >= 0.3 is 17.9 Å². The molecule has 0 unspecified atom stereocenters. The van der Waals surface area contributed by atoms with E-state index in [0.717, 1.165) is 36.0 Å². The number of esters is 3. The summed E-state index contributed by atoms with van der Waals surface area (Å²) in [5.74, 6) is 0.780. The smallest absolute Gasteiger partial charge is 0.345 e. The zero-order valence-electron chi connectivity index (χ0n) is 38.0. The zero-order chi connectivity index (χ0) is 46.9. The number of nitrogens with zero attached hydrogens (tertiary/aromatic N) is 3. The summed E-state index contributed by atoms with van der Waals surface area (Å²) in [6, 6.07) is 21.6. The summed E-state index contributed by atoms with van der Waals surface area (Å²) in [7, 11) is 9.20. The van der Waals surface area contributed by atoms with Crippen LogP contribution in [0.4, 0.5) is 0 Å². The van der Waals surface area contributed by atoms with Crippen LogP contribution in [0.1, 0.15) is 86.3 Å². The van der Waals surface area contributed by atoms with Gasteiger partial charge in [0.15, 0.2) is 34.5 Å². The molecule has 0 saturated heterocycles. The quantitative estimate of drug-likeness (QED) is 0.0707. The fourth-order valence-electron chi connectivity index (χ4n) is 11.2. The van der Waals surface area contributed by atoms with E-state index >= 15 is 0 Å². The summed E-state index contributed by atoms with van der Waals surface area (Å²) in [6.45, 7) is 0. The van der Waals surface area contributed by atoms with E-state index in [1.54, 1.807) is 55.0 Å². The summed E-state index contributed by atoms with van der Waals surface area (Å²) in [4.78, 5) is 52.4. The van der Waals surface area contributed by atoms with Crippen molar-refractivity contribution in [2.45, 2.75) is 54.8 Å². The second-order valence-electron chi connectivity index (χ2n) is 17.4. The fraction of sp³-hybridized carbons (Fsp3) is 0.308. The van der Waals surface area contributed by atoms with Crippen LogP contribution in [0, 0.1) is 5.92 Å². The molecule has 3 heterocycles. The number of methoxy groups -OCH3 is 6. The fourth-order valence-corrected chi connectivity index (χ4v) is 11.2. The molecule has 0 radical (unpaired) electrons. The number of aromatic nitrogens is 3. The highest BCUT2D eigenvalue weighted by Crippen LogP contribution is 2.72. The molecule has 4 bridgehead atoms. The largest absolute Gasteiger partial charge is 0.493 e. The molecule has 0 atom stereocenters. The van der Waals surface area contributed by atoms with E-state index in [1.165, 1.54) is 61.2 Å². The maximum absolute atomic E-state index is 13.4. The van der Waals surface area contributed by atoms with Gasteiger partial charge in [-0.05, 0) is 150 Å². The maximum Gasteiger partial charge on any atom is 0.345 e. The number of ether oxygens (including phenoxy) is 9. The number of benzene rings is 3. The second-order valence-corrected chi connectivity index (χ2v) is 17.4. The Morgan fingerprint density at radius 2 is 0.687 bits per heavy atom. The molecule has 4 aliphatic carbocycles. The molecular formula is C52H49N3O12. The van der Waals surface area contributed by atoms with Crippen LogP contribution < -0.4 is 42.6 Å². The van der Waals surface area contributed by atoms with Crippen molar-refractivity contribution >= 4 is 17.9 Å². The molecule has 4 fully saturated rings. The Balaban J connectivity index is 1.19. The minimum Gasteiger partial charge on any atom is -0.493 e. The third kappa shape index (κ3) is 8.08. The SMILES string of the molecule is COc1cc(C23CC4CC(c5cc(OC)c(OC(=O)c6cccnc6)c(OC)c5)(C2)CC(c2cc(OC)c(OC(=O)c5cccnc5)c(OC)c2)(C4)C3)cc(OC)c1OC(=O)c1cccnc1. The predicted octanol–water partition coefficient (Wildman–Crippen LogP) is 8.69. The number of pyridine rings is 3. The van der Waals surface area contributed by atoms with E-state index in [2.05, 4.69) is 15.0 Å². The second kappa shape index (κ2) is 17.9. The molecule has 0 amide bonds. The van der Waals surface area contributed by atoms with Gasteiger partial charge in [0.05, 0.1) is 59.3 Å². The molecule has 344 valence electrons. The molecule has 0 spiro atoms. The highest BCUT2D eigenvalue weighted by Gasteiger charge is 2.65. The van der Waals surface area contributed by atoms with Crippen molar-refractivity contribution < 1.29 is 57.0 Å². The Labute approximate surface area is 387 Å². The van der Waals surface area contributed by atoms with Gasteiger partial charge in [-0.25, -0.2) is 14.4 Å². The lowest BCUT2D eigenvalue weighted by Gasteiger charge is -2.67. The molecule has 15 heteroatoms. The summed E-state index contributed by atoms with van der Waals surface area (Å²) in [6.07, 6.45) is 13.6. The predicted molar refractivity (Wildman–Crippen MR) is 242 cm³/mol. The van der Waals surface area contributed by atoms with Gasteiger partial charge in [-0.3, -0.25) is 15.0 Å². The molecule has 3 aromatic carbocycles. The van der Waals surface area contributed by atoms with Crippen molar-refractivity contribution in [2.24, 2.45) is 5.92 Å². The Hall–Kier alpha value is -7.68. The number of rotatable bonds is 15. The first-order chi connectivity index (χ1) is 32.5. The Morgan fingerprint density at radius 1 is 0.433 bits per heavy atom. The lowest BCUT2D eigenvalue weighted by Crippen LogP contribution is -2.62. The van der Waals surface area contributed by atoms with E-state index in [1.807, 2.05) is 36.4 Å². The summed E-state index contributed by atoms with van der Waals surface area (Å²) in [5, 5.41) is 0. The highest BCUT2D eigenvalue weighted by molar-refractivity contribution is 5.93. The Kier molecular flexibility index (Phi) is 11.9. The number of carbonyl (C=O) groups excluding carboxylic acids is 3. The van der Waals surface area contributed by atoms with Gasteiger partial charge in [0.25, 0.3) is 0 Å². The molecule has 0 N–H and O–H groups in total. The first kappa shape index (κ1) is 44.5. The first-order valence-corrected chi connectivity index (χ1v) is 21.7. The van der Waals surface area contributed by atoms with Crippen molar-refractivity contribution in [1.82, 2.24) is 15.0 Å². The molecule has 10 rings (SSSR count). The molecule has 15 nitrogen and oxygen atoms in total. The summed E-state index contributed by atoms with van der Waals surface area (Å²) >= 11 is 0. The zero-order valence-corrected chi connectivity index (χ0v) is 38.0. The molecule has 4 saturated carbocycles. The van der Waals surface area contributed by atoms with Gasteiger partial charge < -0.3 is 42.6 Å². The van der Waals surface area contributed by atoms with Gasteiger partial charge in [-0.15, -0.1) is 0 Å². The number of carbonyl (C=O) groups is 3. The molecular weight excluding hydrogens is 859 g/mol. The van der Waals surface area contributed by atoms with Gasteiger partial charge in [0.2, 0.25) is 17.2 Å². The van der Waals surface area contributed by atoms with Crippen LogP contribution in [0.2, 0.25) is 0 Å². The van der Waals surface area contributed by atoms with Crippen molar-refractivity contribution in [3.8, 4) is 51.7 Å². The minimum absolute atomic E-state index is 0.147. The van der Waals surface area contributed by atoms with Gasteiger partial charge in [0, 0.05) is 37.2 Å². The average molecular weight is 908 g/mol. The number of hydrogen-bond donors (Lipinski definition) is 0. The monoisotopic (exact) mass is 907 g/mol. The van der Waals surface area contributed by atoms with E-state index in [0.29, 0.717) is 53.8 Å². The van der Waals surface area contributed by atoms with Crippen molar-refractivity contribution in [3.05, 3.63) is 143 Å². The Morgan fingerprint density at radius 3 is 0.896 bits per heavy atom. The van der Waals surface area contributed by atoms with E-state index in [9.17, 15) is 14.4 Å². The lowest BCUT2D eigenvalue weighted by atomic mass is 9.36. The van der Waals surface area contributed by atoms with Crippen LogP contribution in [0.15, 0.2) is 110 Å². The van der Waals surface area contributed by atoms with E-state index in [-0.39, 0.29) is 39.9 Å². The van der Waals surface area contributed by atoms with Gasteiger partial charge in [-0.1, -0.05) is 0 Å². The average Bonchev–Trinajstić information content (AvgIpc) is 3.36. The summed E-state index contributed by atoms with van der Waals surface area (Å²) < 4.78 is 53.9. The standard InChI is InChI=1S/C52H49N3O12/c1-59-38-16-35(17-39(60-2)44(38)65-47(56)32-10-7-13-53-25-32)50-22-31-23-51(28-50,36-18-40(61-3)45(41(19-36)62-4)66-48(57)33-11-8-14-54-26-33)30-52(24-31,29-50)37-20-42(63-5)46(43(21-37)64-6)67-49(58)34-12-9-15-55-27-34/h7-21,25-27,31H,22-24,28-30H2,1-6H3. The lowest BCUT2D eigenvalue weighted by molar-refractivity contribution is -0.0497. The molecule has 4 aliphatic rings. The van der Waals surface area contributed by atoms with Crippen LogP contribution >= 0.6 is 0 Å². The topological polar surface area (TPSA) is 173 Å². The third-order valence-electron chi connectivity index (χ3n) is 13.6. The molecule has 6 aromatic rings. The minimum atomic E-state index is -0.611. The maximum atomic E-state index is 13.4. The van der Waals surface area contributed by atoms with Crippen LogP contribution in [-0.4, -0.2) is 75.5 Å². The molecule has 67 heavy (non-hydrogen) atoms. The van der Waals surface area contributed by atoms with Crippen molar-refractivity contribution in [1.29, 1.82) is 0 Å². The van der Waals surface area contributed by atoms with E-state index in [4.69, 9.17) is 42.6 Å². The van der Waals surface area contributed by atoms with E-state index < -0.39 is 34.2 Å². The van der Waals surface area contributed by atoms with Crippen LogP contribution in [0.25, 0.3) is 0 Å². The normalized spacial score (nSPS) is 21.1. The molecule has 0 aliphatic heterocycles. The first-order valence-electron chi connectivity index (χ1n) is 21.7. The third-order valence-corrected chi connectivity index (χ3v) is 13.6. The van der Waals surface area contributed by atoms with Crippen LogP contribution in [0.3, 0.4) is 0 Å². The van der Waals surface area contributed by atoms with Gasteiger partial charge in [0.1, 0.15) is 0 Å². The highest BCUT2D eigenvalue weighted by atomic mass is 16.6. The Bertz CT molecular complexity index is 2450. The number of hydrogen-bond acceptors (Lipinski definition) is 15. The van der Waals surface area contributed by atoms with Crippen molar-refractivity contribution in [2.75, 3.05) is 42.7 Å². The summed E-state index contributed by atoms with van der Waals surface area (Å²) in [5.41, 5.74) is 2.12.